The van der Waals surface area contributed by atoms with E-state index in [1.165, 1.54) is 0 Å². The number of hydrogen-bond donors (Lipinski definition) is 1. The van der Waals surface area contributed by atoms with Crippen molar-refractivity contribution in [3.8, 4) is 0 Å². The molecule has 0 fully saturated rings. The molecule has 0 amide bonds. The molecule has 0 aliphatic heterocycles. The Morgan fingerprint density at radius 2 is 2.56 bits per heavy atom. The molecule has 1 rings (SSSR count). The summed E-state index contributed by atoms with van der Waals surface area (Å²) < 4.78 is 0. The van der Waals surface area contributed by atoms with E-state index in [0.717, 1.165) is 11.3 Å². The summed E-state index contributed by atoms with van der Waals surface area (Å²) in [7, 11) is 0. The van der Waals surface area contributed by atoms with Crippen LogP contribution in [0, 0.1) is 6.92 Å². The molecule has 47 valence electrons. The fourth-order valence-corrected chi connectivity index (χ4v) is 0.686. The number of aromatic nitrogens is 1. The SMILES string of the molecule is [CH2]/C(=C/C)c1ccc[nH]1. The summed E-state index contributed by atoms with van der Waals surface area (Å²) in [5, 5.41) is 0. The van der Waals surface area contributed by atoms with E-state index in [9.17, 15) is 0 Å². The third kappa shape index (κ3) is 1.22. The fraction of sp³-hybridized carbons (Fsp3) is 0.125. The maximum Gasteiger partial charge on any atom is 0.0409 e. The standard InChI is InChI=1S/C8H10N/c1-3-7(2)8-5-4-6-9-8/h3-6,9H,2H2,1H3/b7-3-. The van der Waals surface area contributed by atoms with Gasteiger partial charge in [0.2, 0.25) is 0 Å². The van der Waals surface area contributed by atoms with Crippen LogP contribution >= 0.6 is 0 Å². The first-order valence-corrected chi connectivity index (χ1v) is 2.96. The Morgan fingerprint density at radius 1 is 1.78 bits per heavy atom. The van der Waals surface area contributed by atoms with Crippen molar-refractivity contribution in [3.05, 3.63) is 37.0 Å². The van der Waals surface area contributed by atoms with Gasteiger partial charge in [-0.1, -0.05) is 6.08 Å². The maximum absolute atomic E-state index is 3.83. The van der Waals surface area contributed by atoms with Gasteiger partial charge in [-0.2, -0.15) is 0 Å². The van der Waals surface area contributed by atoms with E-state index in [2.05, 4.69) is 11.9 Å². The van der Waals surface area contributed by atoms with Crippen LogP contribution in [0.2, 0.25) is 0 Å². The van der Waals surface area contributed by atoms with Crippen molar-refractivity contribution in [1.29, 1.82) is 0 Å². The number of rotatable bonds is 1. The summed E-state index contributed by atoms with van der Waals surface area (Å²) in [6.07, 6.45) is 3.87. The second kappa shape index (κ2) is 2.53. The fourth-order valence-electron chi connectivity index (χ4n) is 0.686. The van der Waals surface area contributed by atoms with E-state index in [1.54, 1.807) is 0 Å². The van der Waals surface area contributed by atoms with Crippen LogP contribution < -0.4 is 0 Å². The molecule has 0 aliphatic rings. The zero-order chi connectivity index (χ0) is 6.69. The zero-order valence-electron chi connectivity index (χ0n) is 5.52. The molecule has 0 saturated heterocycles. The van der Waals surface area contributed by atoms with Gasteiger partial charge in [-0.25, -0.2) is 0 Å². The maximum atomic E-state index is 3.83. The third-order valence-corrected chi connectivity index (χ3v) is 1.29. The van der Waals surface area contributed by atoms with Gasteiger partial charge in [0.05, 0.1) is 0 Å². The lowest BCUT2D eigenvalue weighted by Crippen LogP contribution is -1.75. The third-order valence-electron chi connectivity index (χ3n) is 1.29. The minimum Gasteiger partial charge on any atom is -0.361 e. The Kier molecular flexibility index (Phi) is 1.73. The molecule has 1 heterocycles. The van der Waals surface area contributed by atoms with Crippen LogP contribution in [0.5, 0.6) is 0 Å². The normalized spacial score (nSPS) is 12.0. The van der Waals surface area contributed by atoms with Gasteiger partial charge in [-0.15, -0.1) is 0 Å². The van der Waals surface area contributed by atoms with Crippen LogP contribution in [0.1, 0.15) is 12.6 Å². The van der Waals surface area contributed by atoms with E-state index in [4.69, 9.17) is 0 Å². The lowest BCUT2D eigenvalue weighted by Gasteiger charge is -1.91. The van der Waals surface area contributed by atoms with Crippen molar-refractivity contribution >= 4 is 5.57 Å². The minimum atomic E-state index is 1.04. The van der Waals surface area contributed by atoms with Gasteiger partial charge in [-0.3, -0.25) is 0 Å². The second-order valence-corrected chi connectivity index (χ2v) is 1.90. The van der Waals surface area contributed by atoms with Gasteiger partial charge in [0.1, 0.15) is 0 Å². The molecule has 1 heteroatoms. The molecule has 1 radical (unpaired) electrons. The molecule has 0 atom stereocenters. The Hall–Kier alpha value is -0.980. The number of H-pyrrole nitrogens is 1. The highest BCUT2D eigenvalue weighted by Crippen LogP contribution is 2.08. The van der Waals surface area contributed by atoms with E-state index in [-0.39, 0.29) is 0 Å². The highest BCUT2D eigenvalue weighted by molar-refractivity contribution is 5.65. The van der Waals surface area contributed by atoms with Gasteiger partial charge < -0.3 is 4.98 Å². The van der Waals surface area contributed by atoms with Crippen LogP contribution in [0.3, 0.4) is 0 Å². The Balaban J connectivity index is 2.90. The molecule has 1 aromatic heterocycles. The van der Waals surface area contributed by atoms with Crippen LogP contribution in [0.25, 0.3) is 5.57 Å². The highest BCUT2D eigenvalue weighted by atomic mass is 14.7. The van der Waals surface area contributed by atoms with Crippen molar-refractivity contribution in [2.45, 2.75) is 6.92 Å². The molecule has 1 N–H and O–H groups in total. The number of allylic oxidation sites excluding steroid dienone is 2. The van der Waals surface area contributed by atoms with Crippen molar-refractivity contribution in [2.24, 2.45) is 0 Å². The summed E-state index contributed by atoms with van der Waals surface area (Å²) in [5.74, 6) is 0. The summed E-state index contributed by atoms with van der Waals surface area (Å²) in [6.45, 7) is 5.80. The lowest BCUT2D eigenvalue weighted by atomic mass is 10.2. The molecular weight excluding hydrogens is 110 g/mol. The van der Waals surface area contributed by atoms with E-state index >= 15 is 0 Å². The highest BCUT2D eigenvalue weighted by Gasteiger charge is 1.90. The van der Waals surface area contributed by atoms with Gasteiger partial charge in [-0.05, 0) is 31.6 Å². The van der Waals surface area contributed by atoms with Crippen LogP contribution in [-0.2, 0) is 0 Å². The van der Waals surface area contributed by atoms with E-state index in [0.29, 0.717) is 0 Å². The zero-order valence-corrected chi connectivity index (χ0v) is 5.52. The Labute approximate surface area is 55.4 Å². The van der Waals surface area contributed by atoms with Gasteiger partial charge in [0.15, 0.2) is 0 Å². The summed E-state index contributed by atoms with van der Waals surface area (Å²) in [4.78, 5) is 3.06. The van der Waals surface area contributed by atoms with Crippen molar-refractivity contribution in [3.63, 3.8) is 0 Å². The van der Waals surface area contributed by atoms with Crippen LogP contribution in [0.15, 0.2) is 24.4 Å². The quantitative estimate of drug-likeness (QED) is 0.585. The van der Waals surface area contributed by atoms with Crippen molar-refractivity contribution in [1.82, 2.24) is 4.98 Å². The molecule has 0 aromatic carbocycles. The average Bonchev–Trinajstić information content (AvgIpc) is 2.37. The van der Waals surface area contributed by atoms with Gasteiger partial charge in [0, 0.05) is 11.9 Å². The summed E-state index contributed by atoms with van der Waals surface area (Å²) >= 11 is 0. The van der Waals surface area contributed by atoms with E-state index < -0.39 is 0 Å². The second-order valence-electron chi connectivity index (χ2n) is 1.90. The molecule has 0 unspecified atom stereocenters. The topological polar surface area (TPSA) is 15.8 Å². The lowest BCUT2D eigenvalue weighted by molar-refractivity contribution is 1.35. The van der Waals surface area contributed by atoms with Crippen molar-refractivity contribution in [2.75, 3.05) is 0 Å². The van der Waals surface area contributed by atoms with Crippen LogP contribution in [-0.4, -0.2) is 4.98 Å². The average molecular weight is 120 g/mol. The van der Waals surface area contributed by atoms with Crippen LogP contribution in [0.4, 0.5) is 0 Å². The molecule has 0 aliphatic carbocycles. The first-order chi connectivity index (χ1) is 4.34. The number of hydrogen-bond acceptors (Lipinski definition) is 0. The van der Waals surface area contributed by atoms with Gasteiger partial charge >= 0.3 is 0 Å². The molecule has 0 saturated carbocycles. The Bertz CT molecular complexity index is 194. The Morgan fingerprint density at radius 3 is 3.00 bits per heavy atom. The molecule has 1 aromatic rings. The number of nitrogens with one attached hydrogen (secondary N) is 1. The predicted octanol–water partition coefficient (Wildman–Crippen LogP) is 2.25. The minimum absolute atomic E-state index is 1.04. The smallest absolute Gasteiger partial charge is 0.0409 e. The molecular formula is C8H10N. The molecule has 0 spiro atoms. The number of aromatic amines is 1. The molecule has 1 nitrogen and oxygen atoms in total. The first kappa shape index (κ1) is 6.14. The molecule has 0 bridgehead atoms. The van der Waals surface area contributed by atoms with E-state index in [1.807, 2.05) is 31.3 Å². The predicted molar refractivity (Wildman–Crippen MR) is 39.8 cm³/mol. The van der Waals surface area contributed by atoms with Gasteiger partial charge in [0.25, 0.3) is 0 Å². The summed E-state index contributed by atoms with van der Waals surface area (Å²) in [6, 6.07) is 3.96. The summed E-state index contributed by atoms with van der Waals surface area (Å²) in [5.41, 5.74) is 2.14. The molecule has 9 heavy (non-hydrogen) atoms. The van der Waals surface area contributed by atoms with Crippen molar-refractivity contribution < 1.29 is 0 Å². The first-order valence-electron chi connectivity index (χ1n) is 2.96. The monoisotopic (exact) mass is 120 g/mol. The largest absolute Gasteiger partial charge is 0.361 e.